The summed E-state index contributed by atoms with van der Waals surface area (Å²) in [6.07, 6.45) is 0. The lowest BCUT2D eigenvalue weighted by molar-refractivity contribution is -0.129. The van der Waals surface area contributed by atoms with Gasteiger partial charge in [-0.15, -0.1) is 0 Å². The zero-order valence-electron chi connectivity index (χ0n) is 9.07. The molecule has 14 heavy (non-hydrogen) atoms. The highest BCUT2D eigenvalue weighted by Crippen LogP contribution is 1.98. The van der Waals surface area contributed by atoms with Crippen molar-refractivity contribution in [2.24, 2.45) is 5.92 Å². The van der Waals surface area contributed by atoms with Crippen LogP contribution in [-0.4, -0.2) is 6.47 Å². The summed E-state index contributed by atoms with van der Waals surface area (Å²) in [5, 5.41) is 0. The third-order valence-electron chi connectivity index (χ3n) is 1.16. The SMILES string of the molecule is CC(C)C.O=COCc1ccccc1. The van der Waals surface area contributed by atoms with E-state index in [1.165, 1.54) is 0 Å². The Kier molecular flexibility index (Phi) is 7.52. The summed E-state index contributed by atoms with van der Waals surface area (Å²) >= 11 is 0. The monoisotopic (exact) mass is 194 g/mol. The van der Waals surface area contributed by atoms with Gasteiger partial charge in [-0.25, -0.2) is 0 Å². The van der Waals surface area contributed by atoms with Gasteiger partial charge in [-0.05, 0) is 11.5 Å². The Morgan fingerprint density at radius 2 is 1.71 bits per heavy atom. The maximum Gasteiger partial charge on any atom is 0.293 e. The lowest BCUT2D eigenvalue weighted by Crippen LogP contribution is -1.88. The fraction of sp³-hybridized carbons (Fsp3) is 0.417. The summed E-state index contributed by atoms with van der Waals surface area (Å²) in [6.45, 7) is 7.32. The molecule has 0 saturated heterocycles. The Morgan fingerprint density at radius 3 is 2.14 bits per heavy atom. The van der Waals surface area contributed by atoms with E-state index >= 15 is 0 Å². The highest BCUT2D eigenvalue weighted by molar-refractivity contribution is 5.37. The van der Waals surface area contributed by atoms with Crippen LogP contribution in [0.25, 0.3) is 0 Å². The molecular weight excluding hydrogens is 176 g/mol. The largest absolute Gasteiger partial charge is 0.463 e. The molecule has 1 aromatic rings. The summed E-state index contributed by atoms with van der Waals surface area (Å²) in [6, 6.07) is 9.55. The van der Waals surface area contributed by atoms with Crippen LogP contribution in [0.5, 0.6) is 0 Å². The van der Waals surface area contributed by atoms with Crippen molar-refractivity contribution >= 4 is 6.47 Å². The number of ether oxygens (including phenoxy) is 1. The van der Waals surface area contributed by atoms with Gasteiger partial charge in [0.2, 0.25) is 0 Å². The molecule has 0 aromatic heterocycles. The molecule has 2 heteroatoms. The highest BCUT2D eigenvalue weighted by atomic mass is 16.5. The van der Waals surface area contributed by atoms with E-state index in [9.17, 15) is 4.79 Å². The standard InChI is InChI=1S/C8H8O2.C4H10/c9-7-10-6-8-4-2-1-3-5-8;1-4(2)3/h1-5,7H,6H2;4H,1-3H3. The summed E-state index contributed by atoms with van der Waals surface area (Å²) in [5.41, 5.74) is 1.01. The van der Waals surface area contributed by atoms with Gasteiger partial charge in [0.15, 0.2) is 0 Å². The zero-order valence-corrected chi connectivity index (χ0v) is 9.07. The van der Waals surface area contributed by atoms with Gasteiger partial charge < -0.3 is 4.74 Å². The highest BCUT2D eigenvalue weighted by Gasteiger charge is 1.87. The maximum atomic E-state index is 9.76. The normalized spacial score (nSPS) is 8.86. The minimum absolute atomic E-state index is 0.365. The fourth-order valence-corrected chi connectivity index (χ4v) is 0.704. The van der Waals surface area contributed by atoms with Crippen molar-refractivity contribution in [1.82, 2.24) is 0 Å². The van der Waals surface area contributed by atoms with Crippen molar-refractivity contribution in [3.63, 3.8) is 0 Å². The van der Waals surface area contributed by atoms with Crippen LogP contribution in [0.1, 0.15) is 26.3 Å². The summed E-state index contributed by atoms with van der Waals surface area (Å²) in [7, 11) is 0. The second-order valence-corrected chi connectivity index (χ2v) is 3.62. The Balaban J connectivity index is 0.000000364. The van der Waals surface area contributed by atoms with Crippen LogP contribution < -0.4 is 0 Å². The molecule has 2 nitrogen and oxygen atoms in total. The minimum Gasteiger partial charge on any atom is -0.463 e. The summed E-state index contributed by atoms with van der Waals surface area (Å²) < 4.78 is 4.54. The third-order valence-corrected chi connectivity index (χ3v) is 1.16. The van der Waals surface area contributed by atoms with Crippen molar-refractivity contribution in [1.29, 1.82) is 0 Å². The Labute approximate surface area is 85.9 Å². The molecule has 0 amide bonds. The Bertz CT molecular complexity index is 227. The predicted molar refractivity (Wildman–Crippen MR) is 57.8 cm³/mol. The second-order valence-electron chi connectivity index (χ2n) is 3.62. The molecule has 0 spiro atoms. The Morgan fingerprint density at radius 1 is 1.21 bits per heavy atom. The van der Waals surface area contributed by atoms with Gasteiger partial charge in [0, 0.05) is 0 Å². The number of carbonyl (C=O) groups is 1. The second kappa shape index (κ2) is 8.30. The molecule has 0 N–H and O–H groups in total. The number of carbonyl (C=O) groups excluding carboxylic acids is 1. The van der Waals surface area contributed by atoms with E-state index in [-0.39, 0.29) is 0 Å². The van der Waals surface area contributed by atoms with Gasteiger partial charge in [0.25, 0.3) is 6.47 Å². The van der Waals surface area contributed by atoms with E-state index in [1.807, 2.05) is 30.3 Å². The van der Waals surface area contributed by atoms with Crippen LogP contribution in [0.3, 0.4) is 0 Å². The molecule has 78 valence electrons. The van der Waals surface area contributed by atoms with E-state index in [2.05, 4.69) is 25.5 Å². The Hall–Kier alpha value is -1.31. The lowest BCUT2D eigenvalue weighted by atomic mass is 10.2. The van der Waals surface area contributed by atoms with Crippen molar-refractivity contribution in [2.75, 3.05) is 0 Å². The fourth-order valence-electron chi connectivity index (χ4n) is 0.704. The molecule has 0 atom stereocenters. The van der Waals surface area contributed by atoms with Crippen LogP contribution in [0.15, 0.2) is 30.3 Å². The van der Waals surface area contributed by atoms with Gasteiger partial charge in [-0.3, -0.25) is 4.79 Å². The van der Waals surface area contributed by atoms with E-state index < -0.39 is 0 Å². The van der Waals surface area contributed by atoms with Crippen LogP contribution in [0.4, 0.5) is 0 Å². The van der Waals surface area contributed by atoms with Crippen LogP contribution in [-0.2, 0) is 16.1 Å². The minimum atomic E-state index is 0.365. The first-order valence-electron chi connectivity index (χ1n) is 4.76. The first-order valence-corrected chi connectivity index (χ1v) is 4.76. The molecule has 0 aliphatic heterocycles. The average Bonchev–Trinajstić information content (AvgIpc) is 2.15. The van der Waals surface area contributed by atoms with Crippen molar-refractivity contribution in [3.8, 4) is 0 Å². The van der Waals surface area contributed by atoms with Gasteiger partial charge in [0.1, 0.15) is 6.61 Å². The van der Waals surface area contributed by atoms with Crippen molar-refractivity contribution in [2.45, 2.75) is 27.4 Å². The molecule has 0 heterocycles. The van der Waals surface area contributed by atoms with Gasteiger partial charge in [-0.2, -0.15) is 0 Å². The van der Waals surface area contributed by atoms with Gasteiger partial charge >= 0.3 is 0 Å². The molecule has 0 aliphatic rings. The van der Waals surface area contributed by atoms with E-state index in [0.29, 0.717) is 13.1 Å². The van der Waals surface area contributed by atoms with Crippen molar-refractivity contribution < 1.29 is 9.53 Å². The number of hydrogen-bond donors (Lipinski definition) is 0. The number of benzene rings is 1. The molecule has 0 aliphatic carbocycles. The topological polar surface area (TPSA) is 26.3 Å². The maximum absolute atomic E-state index is 9.76. The molecule has 1 aromatic carbocycles. The first-order chi connectivity index (χ1) is 6.66. The summed E-state index contributed by atoms with van der Waals surface area (Å²) in [5.74, 6) is 0.833. The smallest absolute Gasteiger partial charge is 0.293 e. The van der Waals surface area contributed by atoms with Crippen LogP contribution in [0.2, 0.25) is 0 Å². The third kappa shape index (κ3) is 8.78. The van der Waals surface area contributed by atoms with E-state index in [4.69, 9.17) is 0 Å². The first kappa shape index (κ1) is 12.7. The van der Waals surface area contributed by atoms with Crippen LogP contribution >= 0.6 is 0 Å². The van der Waals surface area contributed by atoms with Gasteiger partial charge in [-0.1, -0.05) is 51.1 Å². The molecule has 0 unspecified atom stereocenters. The van der Waals surface area contributed by atoms with Crippen LogP contribution in [0, 0.1) is 5.92 Å². The van der Waals surface area contributed by atoms with Gasteiger partial charge in [0.05, 0.1) is 0 Å². The number of rotatable bonds is 3. The average molecular weight is 194 g/mol. The zero-order chi connectivity index (χ0) is 10.8. The molecule has 0 radical (unpaired) electrons. The predicted octanol–water partition coefficient (Wildman–Crippen LogP) is 3.02. The van der Waals surface area contributed by atoms with E-state index in [1.54, 1.807) is 0 Å². The van der Waals surface area contributed by atoms with Crippen molar-refractivity contribution in [3.05, 3.63) is 35.9 Å². The lowest BCUT2D eigenvalue weighted by Gasteiger charge is -1.95. The molecule has 0 bridgehead atoms. The molecule has 0 fully saturated rings. The molecule has 0 saturated carbocycles. The quantitative estimate of drug-likeness (QED) is 0.691. The molecule has 1 rings (SSSR count). The van der Waals surface area contributed by atoms with E-state index in [0.717, 1.165) is 11.5 Å². The summed E-state index contributed by atoms with van der Waals surface area (Å²) in [4.78, 5) is 9.76. The number of hydrogen-bond acceptors (Lipinski definition) is 2. The molecular formula is C12H18O2.